The summed E-state index contributed by atoms with van der Waals surface area (Å²) in [6, 6.07) is 9.97. The van der Waals surface area contributed by atoms with Gasteiger partial charge in [-0.1, -0.05) is 56.2 Å². The number of hydrogen-bond donors (Lipinski definition) is 0. The highest BCUT2D eigenvalue weighted by Gasteiger charge is 2.39. The van der Waals surface area contributed by atoms with Crippen LogP contribution >= 0.6 is 0 Å². The summed E-state index contributed by atoms with van der Waals surface area (Å²) in [5, 5.41) is 3.83. The molecule has 0 aliphatic heterocycles. The highest BCUT2D eigenvalue weighted by Crippen LogP contribution is 2.39. The maximum absolute atomic E-state index is 8.53. The smallest absolute Gasteiger partial charge is 0.192 e. The van der Waals surface area contributed by atoms with Crippen molar-refractivity contribution in [2.75, 3.05) is 6.54 Å². The molecular weight excluding hydrogens is 254 g/mol. The van der Waals surface area contributed by atoms with Crippen LogP contribution in [0, 0.1) is 0 Å². The molecule has 1 unspecified atom stereocenters. The van der Waals surface area contributed by atoms with Crippen LogP contribution in [0.1, 0.15) is 32.4 Å². The second-order valence-electron chi connectivity index (χ2n) is 6.19. The first-order valence-electron chi connectivity index (χ1n) is 6.51. The van der Waals surface area contributed by atoms with Crippen LogP contribution in [-0.4, -0.2) is 14.9 Å². The third-order valence-corrected chi connectivity index (χ3v) is 8.21. The molecule has 19 heavy (non-hydrogen) atoms. The summed E-state index contributed by atoms with van der Waals surface area (Å²) in [6.45, 7) is 11.4. The molecular formula is C14H23N3OSi. The summed E-state index contributed by atoms with van der Waals surface area (Å²) >= 11 is 0. The molecule has 1 aromatic carbocycles. The van der Waals surface area contributed by atoms with Gasteiger partial charge in [0.25, 0.3) is 0 Å². The molecule has 0 bridgehead atoms. The summed E-state index contributed by atoms with van der Waals surface area (Å²) in [5.74, 6) is 0. The summed E-state index contributed by atoms with van der Waals surface area (Å²) in [5.41, 5.74) is 9.60. The van der Waals surface area contributed by atoms with Crippen LogP contribution in [0.15, 0.2) is 35.4 Å². The number of nitrogens with zero attached hydrogens (tertiary/aromatic N) is 3. The average molecular weight is 277 g/mol. The maximum Gasteiger partial charge on any atom is 0.192 e. The van der Waals surface area contributed by atoms with E-state index in [4.69, 9.17) is 9.96 Å². The Morgan fingerprint density at radius 1 is 1.26 bits per heavy atom. The van der Waals surface area contributed by atoms with Gasteiger partial charge in [0.05, 0.1) is 12.6 Å². The van der Waals surface area contributed by atoms with Gasteiger partial charge in [0, 0.05) is 4.91 Å². The van der Waals surface area contributed by atoms with E-state index < -0.39 is 8.32 Å². The van der Waals surface area contributed by atoms with Crippen LogP contribution in [0.4, 0.5) is 0 Å². The monoisotopic (exact) mass is 277 g/mol. The van der Waals surface area contributed by atoms with Crippen molar-refractivity contribution in [2.24, 2.45) is 5.11 Å². The van der Waals surface area contributed by atoms with Crippen molar-refractivity contribution in [3.63, 3.8) is 0 Å². The van der Waals surface area contributed by atoms with Gasteiger partial charge in [-0.05, 0) is 29.2 Å². The summed E-state index contributed by atoms with van der Waals surface area (Å²) < 4.78 is 6.36. The molecule has 0 saturated heterocycles. The molecule has 1 rings (SSSR count). The lowest BCUT2D eigenvalue weighted by molar-refractivity contribution is 0.191. The first kappa shape index (κ1) is 15.8. The standard InChI is InChI=1S/C14H23N3OSi/c1-14(2,3)19(4,5)18-13(11-16-17-15)12-9-7-6-8-10-12/h6-10,13H,11H2,1-5H3. The van der Waals surface area contributed by atoms with E-state index >= 15 is 0 Å². The molecule has 0 spiro atoms. The largest absolute Gasteiger partial charge is 0.410 e. The third-order valence-electron chi connectivity index (χ3n) is 3.73. The SMILES string of the molecule is CC(C)(C)[Si](C)(C)OC(CN=[N+]=[N-])c1ccccc1. The van der Waals surface area contributed by atoms with Crippen LogP contribution in [0.2, 0.25) is 18.1 Å². The van der Waals surface area contributed by atoms with Gasteiger partial charge in [-0.15, -0.1) is 0 Å². The fraction of sp³-hybridized carbons (Fsp3) is 0.571. The summed E-state index contributed by atoms with van der Waals surface area (Å²) in [6.07, 6.45) is -0.155. The minimum absolute atomic E-state index is 0.135. The van der Waals surface area contributed by atoms with Gasteiger partial charge >= 0.3 is 0 Å². The van der Waals surface area contributed by atoms with E-state index in [2.05, 4.69) is 43.9 Å². The summed E-state index contributed by atoms with van der Waals surface area (Å²) in [4.78, 5) is 2.85. The Balaban J connectivity index is 2.97. The molecule has 4 nitrogen and oxygen atoms in total. The molecule has 0 fully saturated rings. The van der Waals surface area contributed by atoms with Gasteiger partial charge in [-0.2, -0.15) is 0 Å². The zero-order chi connectivity index (χ0) is 14.5. The third kappa shape index (κ3) is 4.38. The molecule has 0 aliphatic carbocycles. The predicted octanol–water partition coefficient (Wildman–Crippen LogP) is 5.06. The average Bonchev–Trinajstić information content (AvgIpc) is 2.34. The fourth-order valence-electron chi connectivity index (χ4n) is 1.52. The van der Waals surface area contributed by atoms with Crippen LogP contribution in [0.3, 0.4) is 0 Å². The zero-order valence-corrected chi connectivity index (χ0v) is 13.4. The second-order valence-corrected chi connectivity index (χ2v) is 10.9. The van der Waals surface area contributed by atoms with Crippen molar-refractivity contribution in [2.45, 2.75) is 45.0 Å². The topological polar surface area (TPSA) is 58.0 Å². The lowest BCUT2D eigenvalue weighted by atomic mass is 10.1. The first-order valence-corrected chi connectivity index (χ1v) is 9.42. The van der Waals surface area contributed by atoms with Crippen LogP contribution < -0.4 is 0 Å². The Labute approximate surface area is 116 Å². The molecule has 104 valence electrons. The molecule has 1 atom stereocenters. The first-order chi connectivity index (χ1) is 8.78. The van der Waals surface area contributed by atoms with Crippen LogP contribution in [0.25, 0.3) is 10.4 Å². The van der Waals surface area contributed by atoms with Crippen molar-refractivity contribution in [1.29, 1.82) is 0 Å². The van der Waals surface area contributed by atoms with E-state index in [0.29, 0.717) is 6.54 Å². The lowest BCUT2D eigenvalue weighted by Crippen LogP contribution is -2.42. The van der Waals surface area contributed by atoms with Gasteiger partial charge in [0.1, 0.15) is 0 Å². The maximum atomic E-state index is 8.53. The second kappa shape index (κ2) is 6.24. The minimum Gasteiger partial charge on any atom is -0.410 e. The van der Waals surface area contributed by atoms with E-state index in [1.165, 1.54) is 0 Å². The van der Waals surface area contributed by atoms with Crippen molar-refractivity contribution < 1.29 is 4.43 Å². The molecule has 0 radical (unpaired) electrons. The lowest BCUT2D eigenvalue weighted by Gasteiger charge is -2.39. The predicted molar refractivity (Wildman–Crippen MR) is 81.5 cm³/mol. The molecule has 0 N–H and O–H groups in total. The minimum atomic E-state index is -1.88. The van der Waals surface area contributed by atoms with Crippen LogP contribution in [-0.2, 0) is 4.43 Å². The number of hydrogen-bond acceptors (Lipinski definition) is 2. The fourth-order valence-corrected chi connectivity index (χ4v) is 2.80. The van der Waals surface area contributed by atoms with Crippen molar-refractivity contribution in [3.05, 3.63) is 46.3 Å². The van der Waals surface area contributed by atoms with E-state index in [-0.39, 0.29) is 11.1 Å². The van der Waals surface area contributed by atoms with E-state index in [1.54, 1.807) is 0 Å². The van der Waals surface area contributed by atoms with E-state index in [0.717, 1.165) is 5.56 Å². The Morgan fingerprint density at radius 3 is 2.32 bits per heavy atom. The molecule has 0 amide bonds. The van der Waals surface area contributed by atoms with Gasteiger partial charge in [-0.3, -0.25) is 0 Å². The van der Waals surface area contributed by atoms with Gasteiger partial charge in [-0.25, -0.2) is 0 Å². The number of azide groups is 1. The Hall–Kier alpha value is -1.29. The van der Waals surface area contributed by atoms with E-state index in [9.17, 15) is 0 Å². The summed E-state index contributed by atoms with van der Waals surface area (Å²) in [7, 11) is -1.88. The molecule has 0 saturated carbocycles. The highest BCUT2D eigenvalue weighted by molar-refractivity contribution is 6.74. The molecule has 0 aromatic heterocycles. The number of rotatable bonds is 5. The van der Waals surface area contributed by atoms with Crippen molar-refractivity contribution in [1.82, 2.24) is 0 Å². The van der Waals surface area contributed by atoms with E-state index in [1.807, 2.05) is 30.3 Å². The van der Waals surface area contributed by atoms with Crippen LogP contribution in [0.5, 0.6) is 0 Å². The highest BCUT2D eigenvalue weighted by atomic mass is 28.4. The zero-order valence-electron chi connectivity index (χ0n) is 12.4. The Bertz CT molecular complexity index is 448. The van der Waals surface area contributed by atoms with Gasteiger partial charge in [0.15, 0.2) is 8.32 Å². The molecule has 0 heterocycles. The normalized spacial score (nSPS) is 13.7. The molecule has 1 aromatic rings. The Kier molecular flexibility index (Phi) is 5.17. The van der Waals surface area contributed by atoms with Crippen molar-refractivity contribution in [3.8, 4) is 0 Å². The quantitative estimate of drug-likeness (QED) is 0.321. The van der Waals surface area contributed by atoms with Gasteiger partial charge < -0.3 is 4.43 Å². The van der Waals surface area contributed by atoms with Crippen molar-refractivity contribution >= 4 is 8.32 Å². The van der Waals surface area contributed by atoms with Gasteiger partial charge in [0.2, 0.25) is 0 Å². The number of benzene rings is 1. The Morgan fingerprint density at radius 2 is 1.84 bits per heavy atom. The molecule has 5 heteroatoms. The molecule has 0 aliphatic rings.